The van der Waals surface area contributed by atoms with Gasteiger partial charge in [-0.05, 0) is 88.2 Å². The van der Waals surface area contributed by atoms with Gasteiger partial charge >= 0.3 is 6.09 Å². The number of carbonyl (C=O) groups excluding carboxylic acids is 3. The molecule has 0 unspecified atom stereocenters. The maximum absolute atomic E-state index is 13.8. The number of nitrogens with one attached hydrogen (secondary N) is 1. The van der Waals surface area contributed by atoms with Crippen molar-refractivity contribution in [3.63, 3.8) is 0 Å². The Balaban J connectivity index is 1.89. The van der Waals surface area contributed by atoms with E-state index in [1.54, 1.807) is 51.1 Å². The molecule has 5 N–H and O–H groups in total. The number of phenolic OH excluding ortho intramolecular Hbond substituents is 1. The number of ether oxygens (including phenoxy) is 2. The second-order valence-corrected chi connectivity index (χ2v) is 12.2. The smallest absolute Gasteiger partial charge is 0.407 e. The first-order valence-electron chi connectivity index (χ1n) is 14.1. The molecule has 0 saturated carbocycles. The van der Waals surface area contributed by atoms with Gasteiger partial charge in [0, 0.05) is 12.1 Å². The lowest BCUT2D eigenvalue weighted by molar-refractivity contribution is -0.134. The van der Waals surface area contributed by atoms with Crippen LogP contribution in [0.25, 0.3) is 6.08 Å². The van der Waals surface area contributed by atoms with Gasteiger partial charge in [0.25, 0.3) is 5.91 Å². The normalized spacial score (nSPS) is 16.4. The zero-order valence-electron chi connectivity index (χ0n) is 26.1. The van der Waals surface area contributed by atoms with Gasteiger partial charge in [-0.15, -0.1) is 0 Å². The van der Waals surface area contributed by atoms with Crippen LogP contribution in [0.1, 0.15) is 46.1 Å². The average Bonchev–Trinajstić information content (AvgIpc) is 3.27. The summed E-state index contributed by atoms with van der Waals surface area (Å²) in [5.41, 5.74) is 5.97. The van der Waals surface area contributed by atoms with Crippen LogP contribution in [0.5, 0.6) is 17.2 Å². The molecule has 45 heavy (non-hydrogen) atoms. The van der Waals surface area contributed by atoms with E-state index in [1.165, 1.54) is 43.1 Å². The molecule has 0 bridgehead atoms. The van der Waals surface area contributed by atoms with Crippen molar-refractivity contribution in [1.29, 1.82) is 0 Å². The minimum atomic E-state index is -1.10. The number of aromatic hydroxyl groups is 1. The highest BCUT2D eigenvalue weighted by atomic mass is 32.2. The number of para-hydroxylation sites is 1. The Bertz CT molecular complexity index is 1460. The van der Waals surface area contributed by atoms with Crippen molar-refractivity contribution in [2.45, 2.75) is 58.2 Å². The van der Waals surface area contributed by atoms with E-state index in [4.69, 9.17) is 15.2 Å². The summed E-state index contributed by atoms with van der Waals surface area (Å²) in [6, 6.07) is 9.77. The number of carbonyl (C=O) groups is 4. The number of phenols is 1. The molecule has 4 amide bonds. The maximum Gasteiger partial charge on any atom is 0.407 e. The lowest BCUT2D eigenvalue weighted by atomic mass is 10.0. The molecule has 1 fully saturated rings. The van der Waals surface area contributed by atoms with Crippen LogP contribution in [0.2, 0.25) is 0 Å². The maximum atomic E-state index is 13.8. The Morgan fingerprint density at radius 1 is 1.13 bits per heavy atom. The van der Waals surface area contributed by atoms with Crippen molar-refractivity contribution in [1.82, 2.24) is 15.1 Å². The highest BCUT2D eigenvalue weighted by molar-refractivity contribution is 8.18. The first-order valence-corrected chi connectivity index (χ1v) is 14.9. The molecule has 2 aromatic carbocycles. The van der Waals surface area contributed by atoms with Crippen molar-refractivity contribution in [3.05, 3.63) is 52.9 Å². The zero-order chi connectivity index (χ0) is 33.5. The van der Waals surface area contributed by atoms with E-state index in [1.807, 2.05) is 6.07 Å². The monoisotopic (exact) mass is 641 g/mol. The number of methoxy groups -OCH3 is 2. The number of hydrogen-bond acceptors (Lipinski definition) is 9. The molecule has 1 saturated heterocycles. The number of amides is 4. The van der Waals surface area contributed by atoms with Gasteiger partial charge in [-0.25, -0.2) is 9.79 Å². The van der Waals surface area contributed by atoms with E-state index in [0.29, 0.717) is 11.3 Å². The van der Waals surface area contributed by atoms with Crippen molar-refractivity contribution in [3.8, 4) is 17.2 Å². The zero-order valence-corrected chi connectivity index (χ0v) is 26.9. The van der Waals surface area contributed by atoms with Crippen LogP contribution in [0.3, 0.4) is 0 Å². The summed E-state index contributed by atoms with van der Waals surface area (Å²) in [5, 5.41) is 22.7. The van der Waals surface area contributed by atoms with Gasteiger partial charge in [-0.2, -0.15) is 0 Å². The van der Waals surface area contributed by atoms with Crippen LogP contribution in [0.15, 0.2) is 52.4 Å². The SMILES string of the molecule is COc1cc(C=C2SC(=Nc3ccccc3)N([C@@H](C)C(=O)N[C@@H](CCCN(C(=O)O)C(C)(C)C)C(N)=O)C2=O)cc(OC)c1O. The molecule has 1 aliphatic rings. The van der Waals surface area contributed by atoms with Crippen LogP contribution >= 0.6 is 11.8 Å². The summed E-state index contributed by atoms with van der Waals surface area (Å²) < 4.78 is 10.5. The largest absolute Gasteiger partial charge is 0.502 e. The topological polar surface area (TPSA) is 184 Å². The Morgan fingerprint density at radius 2 is 1.73 bits per heavy atom. The van der Waals surface area contributed by atoms with Gasteiger partial charge in [-0.1, -0.05) is 18.2 Å². The van der Waals surface area contributed by atoms with Crippen molar-refractivity contribution in [2.75, 3.05) is 20.8 Å². The quantitative estimate of drug-likeness (QED) is 0.249. The third-order valence-electron chi connectivity index (χ3n) is 6.96. The van der Waals surface area contributed by atoms with Crippen LogP contribution in [0, 0.1) is 0 Å². The van der Waals surface area contributed by atoms with Gasteiger partial charge in [0.15, 0.2) is 16.7 Å². The van der Waals surface area contributed by atoms with Crippen LogP contribution in [0.4, 0.5) is 10.5 Å². The molecular weight excluding hydrogens is 602 g/mol. The predicted octanol–water partition coefficient (Wildman–Crippen LogP) is 3.93. The molecule has 2 atom stereocenters. The van der Waals surface area contributed by atoms with Gasteiger partial charge in [-0.3, -0.25) is 19.3 Å². The number of primary amides is 1. The van der Waals surface area contributed by atoms with E-state index in [0.717, 1.165) is 11.8 Å². The second kappa shape index (κ2) is 14.8. The highest BCUT2D eigenvalue weighted by Crippen LogP contribution is 2.40. The number of carboxylic acid groups (broad SMARTS) is 1. The number of aliphatic imine (C=N–C) groups is 1. The first-order chi connectivity index (χ1) is 21.2. The molecule has 0 radical (unpaired) electrons. The number of benzene rings is 2. The summed E-state index contributed by atoms with van der Waals surface area (Å²) in [5.74, 6) is -1.85. The Morgan fingerprint density at radius 3 is 2.24 bits per heavy atom. The predicted molar refractivity (Wildman–Crippen MR) is 171 cm³/mol. The van der Waals surface area contributed by atoms with Crippen LogP contribution < -0.4 is 20.5 Å². The molecule has 13 nitrogen and oxygen atoms in total. The van der Waals surface area contributed by atoms with Gasteiger partial charge < -0.3 is 35.6 Å². The standard InChI is InChI=1S/C31H39N5O8S/c1-18(27(39)34-21(26(32)38)13-10-14-35(30(41)42)31(2,3)4)36-28(40)24(45-29(36)33-20-11-8-7-9-12-20)17-19-15-22(43-5)25(37)23(16-19)44-6/h7-9,11-12,15-18,21,37H,10,13-14H2,1-6H3,(H2,32,38)(H,34,39)(H,41,42)/t18-,21-/m0/s1. The number of rotatable bonds is 12. The third kappa shape index (κ3) is 8.69. The average molecular weight is 642 g/mol. The fourth-order valence-corrected chi connectivity index (χ4v) is 5.60. The first kappa shape index (κ1) is 34.8. The molecular formula is C31H39N5O8S. The van der Waals surface area contributed by atoms with Crippen molar-refractivity contribution < 1.29 is 38.9 Å². The van der Waals surface area contributed by atoms with Crippen molar-refractivity contribution in [2.24, 2.45) is 10.7 Å². The molecule has 3 rings (SSSR count). The molecule has 14 heteroatoms. The summed E-state index contributed by atoms with van der Waals surface area (Å²) in [7, 11) is 2.78. The molecule has 242 valence electrons. The van der Waals surface area contributed by atoms with E-state index in [9.17, 15) is 29.4 Å². The van der Waals surface area contributed by atoms with Gasteiger partial charge in [0.2, 0.25) is 17.6 Å². The molecule has 0 spiro atoms. The van der Waals surface area contributed by atoms with E-state index < -0.39 is 41.4 Å². The molecule has 1 aliphatic heterocycles. The highest BCUT2D eigenvalue weighted by Gasteiger charge is 2.40. The Labute approximate surface area is 266 Å². The Kier molecular flexibility index (Phi) is 11.5. The third-order valence-corrected chi connectivity index (χ3v) is 7.94. The second-order valence-electron chi connectivity index (χ2n) is 11.2. The van der Waals surface area contributed by atoms with E-state index in [-0.39, 0.29) is 46.7 Å². The number of thioether (sulfide) groups is 1. The lowest BCUT2D eigenvalue weighted by Gasteiger charge is -2.33. The molecule has 0 aromatic heterocycles. The summed E-state index contributed by atoms with van der Waals surface area (Å²) in [4.78, 5) is 58.5. The minimum absolute atomic E-state index is 0.0942. The van der Waals surface area contributed by atoms with Gasteiger partial charge in [0.05, 0.1) is 24.8 Å². The van der Waals surface area contributed by atoms with Gasteiger partial charge in [0.1, 0.15) is 12.1 Å². The number of nitrogens with zero attached hydrogens (tertiary/aromatic N) is 3. The van der Waals surface area contributed by atoms with Crippen molar-refractivity contribution >= 4 is 52.5 Å². The molecule has 2 aromatic rings. The summed E-state index contributed by atoms with van der Waals surface area (Å²) >= 11 is 1.05. The van der Waals surface area contributed by atoms with E-state index >= 15 is 0 Å². The summed E-state index contributed by atoms with van der Waals surface area (Å²) in [6.07, 6.45) is 0.825. The fourth-order valence-electron chi connectivity index (χ4n) is 4.53. The number of amidine groups is 1. The number of hydrogen-bond donors (Lipinski definition) is 4. The van der Waals surface area contributed by atoms with Crippen LogP contribution in [-0.4, -0.2) is 87.4 Å². The Hall–Kier alpha value is -4.72. The van der Waals surface area contributed by atoms with Crippen LogP contribution in [-0.2, 0) is 14.4 Å². The van der Waals surface area contributed by atoms with E-state index in [2.05, 4.69) is 10.3 Å². The number of nitrogens with two attached hydrogens (primary N) is 1. The summed E-state index contributed by atoms with van der Waals surface area (Å²) in [6.45, 7) is 6.91. The molecule has 0 aliphatic carbocycles. The molecule has 1 heterocycles. The lowest BCUT2D eigenvalue weighted by Crippen LogP contribution is -2.53. The fraction of sp³-hybridized carbons (Fsp3) is 0.387. The minimum Gasteiger partial charge on any atom is -0.502 e.